The van der Waals surface area contributed by atoms with E-state index in [2.05, 4.69) is 20.9 Å². The number of fused-ring (bicyclic) bond motifs is 1. The van der Waals surface area contributed by atoms with Crippen molar-refractivity contribution in [2.75, 3.05) is 45.6 Å². The largest absolute Gasteiger partial charge is 0.333 e. The third kappa shape index (κ3) is 4.96. The molecule has 4 rings (SSSR count). The first-order valence-corrected chi connectivity index (χ1v) is 13.1. The van der Waals surface area contributed by atoms with E-state index < -0.39 is 9.84 Å². The van der Waals surface area contributed by atoms with Gasteiger partial charge in [0.1, 0.15) is 0 Å². The summed E-state index contributed by atoms with van der Waals surface area (Å²) in [5.41, 5.74) is 1.05. The quantitative estimate of drug-likeness (QED) is 0.559. The van der Waals surface area contributed by atoms with Crippen LogP contribution in [0.25, 0.3) is 0 Å². The number of nitrogens with zero attached hydrogens (tertiary/aromatic N) is 2. The highest BCUT2D eigenvalue weighted by Gasteiger charge is 2.45. The van der Waals surface area contributed by atoms with Gasteiger partial charge < -0.3 is 15.1 Å². The summed E-state index contributed by atoms with van der Waals surface area (Å²) in [6.45, 7) is 5.97. The van der Waals surface area contributed by atoms with Crippen LogP contribution in [-0.2, 0) is 14.6 Å². The molecule has 0 spiro atoms. The second-order valence-corrected chi connectivity index (χ2v) is 11.1. The topological polar surface area (TPSA) is 93.8 Å². The molecule has 0 aliphatic carbocycles. The second-order valence-electron chi connectivity index (χ2n) is 8.96. The first-order chi connectivity index (χ1) is 14.9. The number of hydrogen-bond acceptors (Lipinski definition) is 7. The van der Waals surface area contributed by atoms with Crippen LogP contribution in [0, 0.1) is 5.92 Å². The molecule has 3 aliphatic heterocycles. The monoisotopic (exact) mass is 449 g/mol. The number of rotatable bonds is 7. The van der Waals surface area contributed by atoms with Gasteiger partial charge in [-0.05, 0) is 56.6 Å². The number of carbonyl (C=O) groups excluding carboxylic acids is 1. The lowest BCUT2D eigenvalue weighted by atomic mass is 9.82. The maximum absolute atomic E-state index is 12.8. The average molecular weight is 450 g/mol. The van der Waals surface area contributed by atoms with Crippen molar-refractivity contribution in [2.45, 2.75) is 49.3 Å². The van der Waals surface area contributed by atoms with Crippen LogP contribution in [0.4, 0.5) is 0 Å². The Morgan fingerprint density at radius 3 is 2.55 bits per heavy atom. The number of piperidine rings is 1. The molecular formula is C22H35N5O3S. The molecule has 9 heteroatoms. The molecule has 1 aromatic rings. The number of sulfone groups is 1. The summed E-state index contributed by atoms with van der Waals surface area (Å²) in [5.74, 6) is 0.167. The lowest BCUT2D eigenvalue weighted by molar-refractivity contribution is -0.142. The summed E-state index contributed by atoms with van der Waals surface area (Å²) in [4.78, 5) is 17.1. The van der Waals surface area contributed by atoms with Crippen LogP contribution in [0.2, 0.25) is 0 Å². The maximum Gasteiger partial charge on any atom is 0.230 e. The van der Waals surface area contributed by atoms with E-state index in [0.717, 1.165) is 44.5 Å². The Bertz CT molecular complexity index is 870. The fourth-order valence-electron chi connectivity index (χ4n) is 5.05. The van der Waals surface area contributed by atoms with Gasteiger partial charge in [0.15, 0.2) is 9.84 Å². The molecule has 3 saturated heterocycles. The first kappa shape index (κ1) is 22.7. The van der Waals surface area contributed by atoms with Crippen LogP contribution >= 0.6 is 0 Å². The molecule has 1 aromatic carbocycles. The van der Waals surface area contributed by atoms with E-state index in [1.807, 2.05) is 26.1 Å². The Balaban J connectivity index is 1.45. The molecule has 0 bridgehead atoms. The molecule has 31 heavy (non-hydrogen) atoms. The lowest BCUT2D eigenvalue weighted by Crippen LogP contribution is -2.68. The van der Waals surface area contributed by atoms with Gasteiger partial charge in [-0.2, -0.15) is 0 Å². The first-order valence-electron chi connectivity index (χ1n) is 11.4. The van der Waals surface area contributed by atoms with Crippen molar-refractivity contribution in [3.8, 4) is 0 Å². The van der Waals surface area contributed by atoms with Crippen LogP contribution in [0.5, 0.6) is 0 Å². The van der Waals surface area contributed by atoms with Gasteiger partial charge in [-0.3, -0.25) is 15.4 Å². The number of nitrogens with one attached hydrogen (secondary N) is 3. The molecule has 3 fully saturated rings. The van der Waals surface area contributed by atoms with Gasteiger partial charge >= 0.3 is 0 Å². The van der Waals surface area contributed by atoms with Gasteiger partial charge in [0.05, 0.1) is 29.4 Å². The van der Waals surface area contributed by atoms with Crippen molar-refractivity contribution in [2.24, 2.45) is 5.92 Å². The number of amides is 1. The normalized spacial score (nSPS) is 29.9. The molecule has 0 radical (unpaired) electrons. The average Bonchev–Trinajstić information content (AvgIpc) is 3.29. The molecule has 8 nitrogen and oxygen atoms in total. The smallest absolute Gasteiger partial charge is 0.230 e. The zero-order valence-corrected chi connectivity index (χ0v) is 19.3. The molecule has 1 amide bonds. The zero-order valence-electron chi connectivity index (χ0n) is 18.5. The Morgan fingerprint density at radius 2 is 1.87 bits per heavy atom. The number of benzene rings is 1. The number of carbonyl (C=O) groups is 1. The summed E-state index contributed by atoms with van der Waals surface area (Å²) in [7, 11) is -1.46. The molecule has 0 aromatic heterocycles. The number of likely N-dealkylation sites (tertiary alicyclic amines) is 1. The van der Waals surface area contributed by atoms with Gasteiger partial charge in [-0.15, -0.1) is 0 Å². The Hall–Kier alpha value is -1.52. The molecule has 3 N–H and O–H groups in total. The fraction of sp³-hybridized carbons (Fsp3) is 0.682. The molecule has 3 aliphatic rings. The SMILES string of the molecule is CCNC1NC(c2ccc(S(=O)(=O)CCN3CCCC3)cc2)CC2NCN(C)C(=O)C21. The molecule has 0 saturated carbocycles. The standard InChI is InChI=1S/C22H35N5O3S/c1-3-23-21-20-19(24-15-26(2)22(20)28)14-18(25-21)16-6-8-17(9-7-16)31(29,30)13-12-27-10-4-5-11-27/h6-9,18-21,23-25H,3-5,10-15H2,1-2H3. The summed E-state index contributed by atoms with van der Waals surface area (Å²) < 4.78 is 25.5. The van der Waals surface area contributed by atoms with Crippen molar-refractivity contribution < 1.29 is 13.2 Å². The van der Waals surface area contributed by atoms with E-state index in [0.29, 0.717) is 18.1 Å². The zero-order chi connectivity index (χ0) is 22.0. The van der Waals surface area contributed by atoms with E-state index >= 15 is 0 Å². The minimum absolute atomic E-state index is 0.0513. The summed E-state index contributed by atoms with van der Waals surface area (Å²) in [6.07, 6.45) is 2.98. The molecule has 172 valence electrons. The van der Waals surface area contributed by atoms with E-state index in [1.54, 1.807) is 17.0 Å². The van der Waals surface area contributed by atoms with E-state index in [9.17, 15) is 13.2 Å². The van der Waals surface area contributed by atoms with Crippen LogP contribution < -0.4 is 16.0 Å². The molecule has 3 heterocycles. The third-order valence-electron chi connectivity index (χ3n) is 6.86. The van der Waals surface area contributed by atoms with E-state index in [4.69, 9.17) is 0 Å². The summed E-state index contributed by atoms with van der Waals surface area (Å²) in [6, 6.07) is 7.44. The van der Waals surface area contributed by atoms with E-state index in [-0.39, 0.29) is 35.8 Å². The minimum Gasteiger partial charge on any atom is -0.333 e. The third-order valence-corrected chi connectivity index (χ3v) is 8.57. The summed E-state index contributed by atoms with van der Waals surface area (Å²) in [5, 5.41) is 10.5. The Morgan fingerprint density at radius 1 is 1.16 bits per heavy atom. The van der Waals surface area contributed by atoms with Crippen molar-refractivity contribution in [1.82, 2.24) is 25.8 Å². The second kappa shape index (κ2) is 9.54. The van der Waals surface area contributed by atoms with Crippen LogP contribution in [-0.4, -0.2) is 82.0 Å². The van der Waals surface area contributed by atoms with Gasteiger partial charge in [0.25, 0.3) is 0 Å². The molecule has 4 atom stereocenters. The van der Waals surface area contributed by atoms with Crippen LogP contribution in [0.15, 0.2) is 29.2 Å². The van der Waals surface area contributed by atoms with Crippen LogP contribution in [0.3, 0.4) is 0 Å². The van der Waals surface area contributed by atoms with E-state index in [1.165, 1.54) is 0 Å². The summed E-state index contributed by atoms with van der Waals surface area (Å²) >= 11 is 0. The van der Waals surface area contributed by atoms with Crippen molar-refractivity contribution >= 4 is 15.7 Å². The minimum atomic E-state index is -3.28. The number of hydrogen-bond donors (Lipinski definition) is 3. The highest BCUT2D eigenvalue weighted by Crippen LogP contribution is 2.32. The van der Waals surface area contributed by atoms with Gasteiger partial charge in [0, 0.05) is 25.7 Å². The van der Waals surface area contributed by atoms with Crippen molar-refractivity contribution in [1.29, 1.82) is 0 Å². The lowest BCUT2D eigenvalue weighted by Gasteiger charge is -2.47. The Labute approximate surface area is 185 Å². The van der Waals surface area contributed by atoms with Gasteiger partial charge in [-0.1, -0.05) is 19.1 Å². The highest BCUT2D eigenvalue weighted by molar-refractivity contribution is 7.91. The van der Waals surface area contributed by atoms with Crippen molar-refractivity contribution in [3.63, 3.8) is 0 Å². The predicted molar refractivity (Wildman–Crippen MR) is 120 cm³/mol. The van der Waals surface area contributed by atoms with Gasteiger partial charge in [-0.25, -0.2) is 8.42 Å². The molecular weight excluding hydrogens is 414 g/mol. The molecule has 4 unspecified atom stereocenters. The van der Waals surface area contributed by atoms with Gasteiger partial charge in [0.2, 0.25) is 5.91 Å². The predicted octanol–water partition coefficient (Wildman–Crippen LogP) is 0.530. The maximum atomic E-state index is 12.8. The van der Waals surface area contributed by atoms with Crippen molar-refractivity contribution in [3.05, 3.63) is 29.8 Å². The fourth-order valence-corrected chi connectivity index (χ4v) is 6.34. The van der Waals surface area contributed by atoms with Crippen LogP contribution in [0.1, 0.15) is 37.8 Å². The Kier molecular flexibility index (Phi) is 6.98. The highest BCUT2D eigenvalue weighted by atomic mass is 32.2.